The number of aromatic amines is 1. The number of aromatic nitrogens is 2. The highest BCUT2D eigenvalue weighted by atomic mass is 32.2. The summed E-state index contributed by atoms with van der Waals surface area (Å²) in [5, 5.41) is 10.9. The lowest BCUT2D eigenvalue weighted by atomic mass is 10.2. The summed E-state index contributed by atoms with van der Waals surface area (Å²) in [5.74, 6) is 0.459. The summed E-state index contributed by atoms with van der Waals surface area (Å²) in [6, 6.07) is 3.21. The lowest BCUT2D eigenvalue weighted by molar-refractivity contribution is -0.385. The first-order valence-corrected chi connectivity index (χ1v) is 7.56. The fourth-order valence-corrected chi connectivity index (χ4v) is 3.05. The molecule has 0 aliphatic rings. The van der Waals surface area contributed by atoms with Crippen molar-refractivity contribution < 1.29 is 13.3 Å². The number of hydrogen-bond donors (Lipinski definition) is 2. The average Bonchev–Trinajstić information content (AvgIpc) is 2.92. The Bertz CT molecular complexity index is 756. The molecule has 2 aromatic rings. The SMILES string of the molecule is Cc1ccc(S(=O)(=O)NC(C)c2ncc[nH]2)cc1[N+](=O)[O-]. The molecular weight excluding hydrogens is 296 g/mol. The van der Waals surface area contributed by atoms with E-state index in [0.29, 0.717) is 11.4 Å². The number of hydrogen-bond acceptors (Lipinski definition) is 5. The summed E-state index contributed by atoms with van der Waals surface area (Å²) in [6.45, 7) is 3.17. The van der Waals surface area contributed by atoms with Crippen molar-refractivity contribution in [1.29, 1.82) is 0 Å². The van der Waals surface area contributed by atoms with E-state index in [4.69, 9.17) is 0 Å². The summed E-state index contributed by atoms with van der Waals surface area (Å²) in [5.41, 5.74) is 0.168. The topological polar surface area (TPSA) is 118 Å². The second kappa shape index (κ2) is 5.62. The van der Waals surface area contributed by atoms with Crippen molar-refractivity contribution in [3.05, 3.63) is 52.1 Å². The predicted molar refractivity (Wildman–Crippen MR) is 75.2 cm³/mol. The number of aryl methyl sites for hydroxylation is 1. The molecule has 1 aromatic carbocycles. The van der Waals surface area contributed by atoms with Crippen molar-refractivity contribution in [2.45, 2.75) is 24.8 Å². The van der Waals surface area contributed by atoms with Crippen LogP contribution in [-0.4, -0.2) is 23.3 Å². The van der Waals surface area contributed by atoms with Gasteiger partial charge in [-0.1, -0.05) is 6.07 Å². The van der Waals surface area contributed by atoms with Gasteiger partial charge in [-0.25, -0.2) is 18.1 Å². The average molecular weight is 310 g/mol. The van der Waals surface area contributed by atoms with E-state index < -0.39 is 21.0 Å². The molecule has 0 saturated carbocycles. The Kier molecular flexibility index (Phi) is 4.05. The molecule has 112 valence electrons. The molecule has 0 fully saturated rings. The predicted octanol–water partition coefficient (Wildman–Crippen LogP) is 1.67. The molecule has 0 spiro atoms. The van der Waals surface area contributed by atoms with Crippen molar-refractivity contribution in [2.75, 3.05) is 0 Å². The van der Waals surface area contributed by atoms with Gasteiger partial charge in [0.15, 0.2) is 0 Å². The number of benzene rings is 1. The monoisotopic (exact) mass is 310 g/mol. The summed E-state index contributed by atoms with van der Waals surface area (Å²) in [4.78, 5) is 16.9. The maximum Gasteiger partial charge on any atom is 0.273 e. The minimum atomic E-state index is -3.87. The van der Waals surface area contributed by atoms with Gasteiger partial charge in [0.25, 0.3) is 5.69 Å². The van der Waals surface area contributed by atoms with Crippen LogP contribution in [0.15, 0.2) is 35.5 Å². The molecule has 8 nitrogen and oxygen atoms in total. The molecule has 1 heterocycles. The molecule has 1 atom stereocenters. The van der Waals surface area contributed by atoms with E-state index in [1.807, 2.05) is 0 Å². The van der Waals surface area contributed by atoms with E-state index in [1.165, 1.54) is 18.3 Å². The maximum atomic E-state index is 12.2. The van der Waals surface area contributed by atoms with Crippen LogP contribution >= 0.6 is 0 Å². The number of sulfonamides is 1. The molecule has 0 bridgehead atoms. The Morgan fingerprint density at radius 1 is 1.43 bits per heavy atom. The van der Waals surface area contributed by atoms with Crippen molar-refractivity contribution in [1.82, 2.24) is 14.7 Å². The molecule has 2 N–H and O–H groups in total. The van der Waals surface area contributed by atoms with Crippen LogP contribution in [0.4, 0.5) is 5.69 Å². The number of rotatable bonds is 5. The summed E-state index contributed by atoms with van der Waals surface area (Å²) < 4.78 is 26.9. The maximum absolute atomic E-state index is 12.2. The molecular formula is C12H14N4O4S. The summed E-state index contributed by atoms with van der Waals surface area (Å²) >= 11 is 0. The van der Waals surface area contributed by atoms with Crippen molar-refractivity contribution in [3.8, 4) is 0 Å². The molecule has 0 aliphatic carbocycles. The first-order valence-electron chi connectivity index (χ1n) is 6.08. The van der Waals surface area contributed by atoms with E-state index in [9.17, 15) is 18.5 Å². The van der Waals surface area contributed by atoms with Crippen LogP contribution in [0.3, 0.4) is 0 Å². The lowest BCUT2D eigenvalue weighted by Crippen LogP contribution is -2.27. The molecule has 0 aliphatic heterocycles. The fourth-order valence-electron chi connectivity index (χ4n) is 1.82. The Labute approximate surface area is 121 Å². The highest BCUT2D eigenvalue weighted by Gasteiger charge is 2.22. The second-order valence-corrected chi connectivity index (χ2v) is 6.24. The molecule has 1 aromatic heterocycles. The van der Waals surface area contributed by atoms with Crippen LogP contribution in [0.1, 0.15) is 24.4 Å². The zero-order valence-corrected chi connectivity index (χ0v) is 12.2. The molecule has 9 heteroatoms. The van der Waals surface area contributed by atoms with Gasteiger partial charge < -0.3 is 4.98 Å². The molecule has 1 unspecified atom stereocenters. The standard InChI is InChI=1S/C12H14N4O4S/c1-8-3-4-10(7-11(8)16(17)18)21(19,20)15-9(2)12-13-5-6-14-12/h3-7,9,15H,1-2H3,(H,13,14). The Morgan fingerprint density at radius 3 is 2.71 bits per heavy atom. The van der Waals surface area contributed by atoms with Gasteiger partial charge in [0.05, 0.1) is 15.9 Å². The van der Waals surface area contributed by atoms with E-state index in [-0.39, 0.29) is 10.6 Å². The zero-order valence-electron chi connectivity index (χ0n) is 11.4. The van der Waals surface area contributed by atoms with E-state index in [1.54, 1.807) is 20.0 Å². The zero-order chi connectivity index (χ0) is 15.6. The number of H-pyrrole nitrogens is 1. The molecule has 0 radical (unpaired) electrons. The smallest absolute Gasteiger partial charge is 0.273 e. The van der Waals surface area contributed by atoms with Gasteiger partial charge in [0.2, 0.25) is 10.0 Å². The third kappa shape index (κ3) is 3.26. The van der Waals surface area contributed by atoms with Gasteiger partial charge in [-0.05, 0) is 19.9 Å². The van der Waals surface area contributed by atoms with E-state index in [2.05, 4.69) is 14.7 Å². The summed E-state index contributed by atoms with van der Waals surface area (Å²) in [7, 11) is -3.87. The molecule has 0 amide bonds. The number of nitro benzene ring substituents is 1. The minimum absolute atomic E-state index is 0.154. The van der Waals surface area contributed by atoms with Gasteiger partial charge in [-0.3, -0.25) is 10.1 Å². The number of imidazole rings is 1. The van der Waals surface area contributed by atoms with Crippen LogP contribution in [0.2, 0.25) is 0 Å². The van der Waals surface area contributed by atoms with Gasteiger partial charge in [0.1, 0.15) is 5.82 Å². The molecule has 21 heavy (non-hydrogen) atoms. The van der Waals surface area contributed by atoms with Crippen LogP contribution in [-0.2, 0) is 10.0 Å². The second-order valence-electron chi connectivity index (χ2n) is 4.52. The number of nitro groups is 1. The van der Waals surface area contributed by atoms with Gasteiger partial charge in [0, 0.05) is 24.0 Å². The highest BCUT2D eigenvalue weighted by molar-refractivity contribution is 7.89. The van der Waals surface area contributed by atoms with Gasteiger partial charge in [-0.15, -0.1) is 0 Å². The lowest BCUT2D eigenvalue weighted by Gasteiger charge is -2.12. The van der Waals surface area contributed by atoms with Crippen LogP contribution in [0.5, 0.6) is 0 Å². The van der Waals surface area contributed by atoms with Gasteiger partial charge in [-0.2, -0.15) is 0 Å². The Hall–Kier alpha value is -2.26. The Balaban J connectivity index is 2.32. The normalized spacial score (nSPS) is 13.0. The largest absolute Gasteiger partial charge is 0.347 e. The van der Waals surface area contributed by atoms with Gasteiger partial charge >= 0.3 is 0 Å². The van der Waals surface area contributed by atoms with Crippen LogP contribution in [0, 0.1) is 17.0 Å². The van der Waals surface area contributed by atoms with Crippen LogP contribution in [0.25, 0.3) is 0 Å². The number of nitrogens with zero attached hydrogens (tertiary/aromatic N) is 2. The first-order chi connectivity index (χ1) is 9.81. The van der Waals surface area contributed by atoms with Crippen molar-refractivity contribution in [3.63, 3.8) is 0 Å². The number of nitrogens with one attached hydrogen (secondary N) is 2. The van der Waals surface area contributed by atoms with E-state index >= 15 is 0 Å². The summed E-state index contributed by atoms with van der Waals surface area (Å²) in [6.07, 6.45) is 3.09. The van der Waals surface area contributed by atoms with Crippen molar-refractivity contribution in [2.24, 2.45) is 0 Å². The van der Waals surface area contributed by atoms with Crippen LogP contribution < -0.4 is 4.72 Å². The Morgan fingerprint density at radius 2 is 2.14 bits per heavy atom. The van der Waals surface area contributed by atoms with E-state index in [0.717, 1.165) is 6.07 Å². The highest BCUT2D eigenvalue weighted by Crippen LogP contribution is 2.23. The van der Waals surface area contributed by atoms with Crippen molar-refractivity contribution >= 4 is 15.7 Å². The molecule has 0 saturated heterocycles. The third-order valence-electron chi connectivity index (χ3n) is 2.95. The fraction of sp³-hybridized carbons (Fsp3) is 0.250. The molecule has 2 rings (SSSR count). The quantitative estimate of drug-likeness (QED) is 0.643. The minimum Gasteiger partial charge on any atom is -0.347 e. The third-order valence-corrected chi connectivity index (χ3v) is 4.49. The first kappa shape index (κ1) is 15.1.